The molecule has 1 heterocycles. The van der Waals surface area contributed by atoms with Gasteiger partial charge in [0.15, 0.2) is 0 Å². The lowest BCUT2D eigenvalue weighted by Crippen LogP contribution is -2.41. The van der Waals surface area contributed by atoms with Crippen molar-refractivity contribution in [2.24, 2.45) is 0 Å². The maximum atomic E-state index is 12.3. The molecule has 3 N–H and O–H groups in total. The summed E-state index contributed by atoms with van der Waals surface area (Å²) in [6.07, 6.45) is 0.0284. The van der Waals surface area contributed by atoms with Gasteiger partial charge in [0, 0.05) is 0 Å². The van der Waals surface area contributed by atoms with Crippen molar-refractivity contribution in [3.63, 3.8) is 0 Å². The zero-order chi connectivity index (χ0) is 16.9. The topological polar surface area (TPSA) is 79.5 Å². The van der Waals surface area contributed by atoms with Crippen molar-refractivity contribution in [3.8, 4) is 5.75 Å². The Hall–Kier alpha value is -3.02. The molecule has 0 saturated heterocycles. The van der Waals surface area contributed by atoms with E-state index in [1.54, 1.807) is 12.1 Å². The van der Waals surface area contributed by atoms with E-state index in [2.05, 4.69) is 16.0 Å². The van der Waals surface area contributed by atoms with Gasteiger partial charge in [0.2, 0.25) is 11.8 Å². The summed E-state index contributed by atoms with van der Waals surface area (Å²) in [5.41, 5.74) is 2.13. The fourth-order valence-electron chi connectivity index (χ4n) is 2.57. The van der Waals surface area contributed by atoms with E-state index in [9.17, 15) is 9.59 Å². The molecular formula is C18H19N3O3. The zero-order valence-corrected chi connectivity index (χ0v) is 13.3. The van der Waals surface area contributed by atoms with Gasteiger partial charge in [-0.3, -0.25) is 9.59 Å². The number of amides is 2. The summed E-state index contributed by atoms with van der Waals surface area (Å²) in [5.74, 6) is 0.135. The third kappa shape index (κ3) is 3.48. The van der Waals surface area contributed by atoms with E-state index >= 15 is 0 Å². The third-order valence-electron chi connectivity index (χ3n) is 3.68. The summed E-state index contributed by atoms with van der Waals surface area (Å²) in [7, 11) is 0. The van der Waals surface area contributed by atoms with E-state index in [4.69, 9.17) is 4.74 Å². The number of nitrogens with one attached hydrogen (secondary N) is 3. The highest BCUT2D eigenvalue weighted by Crippen LogP contribution is 2.27. The van der Waals surface area contributed by atoms with Crippen LogP contribution in [0.3, 0.4) is 0 Å². The summed E-state index contributed by atoms with van der Waals surface area (Å²) in [4.78, 5) is 24.4. The Morgan fingerprint density at radius 3 is 2.62 bits per heavy atom. The van der Waals surface area contributed by atoms with Crippen LogP contribution in [0, 0.1) is 0 Å². The lowest BCUT2D eigenvalue weighted by atomic mass is 10.1. The second kappa shape index (κ2) is 7.04. The van der Waals surface area contributed by atoms with Gasteiger partial charge in [-0.2, -0.15) is 0 Å². The van der Waals surface area contributed by atoms with Crippen LogP contribution in [0.4, 0.5) is 17.1 Å². The SMILES string of the molecule is CCOc1ccccc1NC(=O)C[C@@H]1Nc2ccccc2NC1=O. The fourth-order valence-corrected chi connectivity index (χ4v) is 2.57. The minimum Gasteiger partial charge on any atom is -0.492 e. The lowest BCUT2D eigenvalue weighted by Gasteiger charge is -2.26. The van der Waals surface area contributed by atoms with E-state index in [1.807, 2.05) is 43.3 Å². The largest absolute Gasteiger partial charge is 0.492 e. The molecule has 0 fully saturated rings. The molecule has 1 aliphatic rings. The molecule has 6 heteroatoms. The van der Waals surface area contributed by atoms with Crippen molar-refractivity contribution in [1.29, 1.82) is 0 Å². The molecule has 0 aromatic heterocycles. The second-order valence-electron chi connectivity index (χ2n) is 5.41. The van der Waals surface area contributed by atoms with Crippen LogP contribution in [-0.4, -0.2) is 24.5 Å². The first kappa shape index (κ1) is 15.9. The molecule has 1 aliphatic heterocycles. The van der Waals surface area contributed by atoms with Crippen molar-refractivity contribution < 1.29 is 14.3 Å². The van der Waals surface area contributed by atoms with E-state index in [-0.39, 0.29) is 18.2 Å². The Balaban J connectivity index is 1.66. The predicted octanol–water partition coefficient (Wildman–Crippen LogP) is 2.85. The molecule has 1 atom stereocenters. The van der Waals surface area contributed by atoms with E-state index in [0.29, 0.717) is 18.0 Å². The number of para-hydroxylation sites is 4. The van der Waals surface area contributed by atoms with Crippen molar-refractivity contribution in [2.75, 3.05) is 22.6 Å². The number of hydrogen-bond acceptors (Lipinski definition) is 4. The van der Waals surface area contributed by atoms with Crippen molar-refractivity contribution in [1.82, 2.24) is 0 Å². The normalized spacial score (nSPS) is 15.7. The summed E-state index contributed by atoms with van der Waals surface area (Å²) in [6, 6.07) is 14.0. The van der Waals surface area contributed by atoms with Crippen LogP contribution in [0.25, 0.3) is 0 Å². The average Bonchev–Trinajstić information content (AvgIpc) is 2.57. The van der Waals surface area contributed by atoms with Gasteiger partial charge < -0.3 is 20.7 Å². The molecule has 2 aromatic carbocycles. The van der Waals surface area contributed by atoms with Crippen LogP contribution in [0.5, 0.6) is 5.75 Å². The Kier molecular flexibility index (Phi) is 4.65. The molecule has 0 spiro atoms. The van der Waals surface area contributed by atoms with Gasteiger partial charge in [-0.1, -0.05) is 24.3 Å². The van der Waals surface area contributed by atoms with Crippen molar-refractivity contribution in [3.05, 3.63) is 48.5 Å². The molecule has 0 bridgehead atoms. The quantitative estimate of drug-likeness (QED) is 0.790. The first-order chi connectivity index (χ1) is 11.7. The van der Waals surface area contributed by atoms with Crippen LogP contribution < -0.4 is 20.7 Å². The summed E-state index contributed by atoms with van der Waals surface area (Å²) in [6.45, 7) is 2.39. The Morgan fingerprint density at radius 2 is 1.83 bits per heavy atom. The monoisotopic (exact) mass is 325 g/mol. The molecule has 24 heavy (non-hydrogen) atoms. The van der Waals surface area contributed by atoms with Crippen molar-refractivity contribution >= 4 is 28.9 Å². The number of benzene rings is 2. The number of carbonyl (C=O) groups excluding carboxylic acids is 2. The van der Waals surface area contributed by atoms with Crippen LogP contribution in [0.1, 0.15) is 13.3 Å². The van der Waals surface area contributed by atoms with Gasteiger partial charge in [-0.25, -0.2) is 0 Å². The molecule has 3 rings (SSSR count). The minimum absolute atomic E-state index is 0.0284. The number of fused-ring (bicyclic) bond motifs is 1. The fraction of sp³-hybridized carbons (Fsp3) is 0.222. The summed E-state index contributed by atoms with van der Waals surface area (Å²) >= 11 is 0. The summed E-state index contributed by atoms with van der Waals surface area (Å²) in [5, 5.41) is 8.71. The van der Waals surface area contributed by atoms with Crippen LogP contribution >= 0.6 is 0 Å². The number of carbonyl (C=O) groups is 2. The molecule has 0 saturated carbocycles. The molecule has 6 nitrogen and oxygen atoms in total. The highest BCUT2D eigenvalue weighted by molar-refractivity contribution is 6.06. The van der Waals surface area contributed by atoms with Crippen LogP contribution in [0.2, 0.25) is 0 Å². The lowest BCUT2D eigenvalue weighted by molar-refractivity contribution is -0.122. The molecule has 0 unspecified atom stereocenters. The van der Waals surface area contributed by atoms with Gasteiger partial charge >= 0.3 is 0 Å². The standard InChI is InChI=1S/C18H19N3O3/c1-2-24-16-10-6-5-9-14(16)20-17(22)11-15-18(23)21-13-8-4-3-7-12(13)19-15/h3-10,15,19H,2,11H2,1H3,(H,20,22)(H,21,23)/t15-/m0/s1. The number of anilines is 3. The highest BCUT2D eigenvalue weighted by Gasteiger charge is 2.27. The molecule has 2 amide bonds. The van der Waals surface area contributed by atoms with Gasteiger partial charge in [-0.15, -0.1) is 0 Å². The van der Waals surface area contributed by atoms with E-state index < -0.39 is 6.04 Å². The molecular weight excluding hydrogens is 306 g/mol. The third-order valence-corrected chi connectivity index (χ3v) is 3.68. The van der Waals surface area contributed by atoms with E-state index in [1.165, 1.54) is 0 Å². The Bertz CT molecular complexity index is 761. The first-order valence-electron chi connectivity index (χ1n) is 7.85. The highest BCUT2D eigenvalue weighted by atomic mass is 16.5. The Morgan fingerprint density at radius 1 is 1.12 bits per heavy atom. The number of hydrogen-bond donors (Lipinski definition) is 3. The summed E-state index contributed by atoms with van der Waals surface area (Å²) < 4.78 is 5.49. The first-order valence-corrected chi connectivity index (χ1v) is 7.85. The Labute approximate surface area is 140 Å². The molecule has 0 radical (unpaired) electrons. The maximum absolute atomic E-state index is 12.3. The van der Waals surface area contributed by atoms with Crippen molar-refractivity contribution in [2.45, 2.75) is 19.4 Å². The molecule has 124 valence electrons. The van der Waals surface area contributed by atoms with Gasteiger partial charge in [-0.05, 0) is 31.2 Å². The molecule has 0 aliphatic carbocycles. The van der Waals surface area contributed by atoms with Crippen LogP contribution in [0.15, 0.2) is 48.5 Å². The number of rotatable bonds is 5. The average molecular weight is 325 g/mol. The van der Waals surface area contributed by atoms with E-state index in [0.717, 1.165) is 11.4 Å². The minimum atomic E-state index is -0.612. The zero-order valence-electron chi connectivity index (χ0n) is 13.3. The van der Waals surface area contributed by atoms with Gasteiger partial charge in [0.05, 0.1) is 30.1 Å². The van der Waals surface area contributed by atoms with Crippen LogP contribution in [-0.2, 0) is 9.59 Å². The van der Waals surface area contributed by atoms with Gasteiger partial charge in [0.1, 0.15) is 11.8 Å². The molecule has 2 aromatic rings. The van der Waals surface area contributed by atoms with Gasteiger partial charge in [0.25, 0.3) is 0 Å². The number of ether oxygens (including phenoxy) is 1. The predicted molar refractivity (Wildman–Crippen MR) is 93.3 cm³/mol. The maximum Gasteiger partial charge on any atom is 0.247 e. The second-order valence-corrected chi connectivity index (χ2v) is 5.41. The smallest absolute Gasteiger partial charge is 0.247 e.